The van der Waals surface area contributed by atoms with E-state index in [2.05, 4.69) is 17.4 Å². The van der Waals surface area contributed by atoms with E-state index in [0.717, 1.165) is 23.4 Å². The Morgan fingerprint density at radius 1 is 1.06 bits per heavy atom. The summed E-state index contributed by atoms with van der Waals surface area (Å²) in [6, 6.07) is 20.2. The van der Waals surface area contributed by atoms with Gasteiger partial charge in [0.1, 0.15) is 11.6 Å². The fraction of sp³-hybridized carbons (Fsp3) is 0.296. The minimum absolute atomic E-state index is 0.0514. The Morgan fingerprint density at radius 2 is 1.74 bits per heavy atom. The van der Waals surface area contributed by atoms with Crippen LogP contribution in [0.5, 0.6) is 5.75 Å². The lowest BCUT2D eigenvalue weighted by molar-refractivity contribution is 0.0938. The summed E-state index contributed by atoms with van der Waals surface area (Å²) in [5, 5.41) is 3.01. The first-order valence-electron chi connectivity index (χ1n) is 11.5. The fourth-order valence-electron chi connectivity index (χ4n) is 3.71. The third-order valence-corrected chi connectivity index (χ3v) is 6.68. The van der Waals surface area contributed by atoms with E-state index in [4.69, 9.17) is 4.74 Å². The Labute approximate surface area is 206 Å². The molecule has 186 valence electrons. The molecule has 3 aromatic carbocycles. The van der Waals surface area contributed by atoms with Crippen molar-refractivity contribution < 1.29 is 22.3 Å². The van der Waals surface area contributed by atoms with Gasteiger partial charge < -0.3 is 10.1 Å². The van der Waals surface area contributed by atoms with E-state index in [-0.39, 0.29) is 18.5 Å². The number of rotatable bonds is 11. The average Bonchev–Trinajstić information content (AvgIpc) is 2.83. The Morgan fingerprint density at radius 3 is 2.37 bits per heavy atom. The van der Waals surface area contributed by atoms with Gasteiger partial charge in [-0.1, -0.05) is 30.3 Å². The normalized spacial score (nSPS) is 12.1. The summed E-state index contributed by atoms with van der Waals surface area (Å²) in [5.74, 6) is -0.225. The van der Waals surface area contributed by atoms with E-state index >= 15 is 0 Å². The van der Waals surface area contributed by atoms with Gasteiger partial charge in [0.2, 0.25) is 10.0 Å². The summed E-state index contributed by atoms with van der Waals surface area (Å²) in [4.78, 5) is 13.0. The zero-order chi connectivity index (χ0) is 25.4. The molecule has 3 aromatic rings. The van der Waals surface area contributed by atoms with Crippen molar-refractivity contribution in [3.8, 4) is 5.75 Å². The molecule has 3 rings (SSSR count). The van der Waals surface area contributed by atoms with Gasteiger partial charge in [-0.05, 0) is 74.7 Å². The number of sulfonamides is 1. The van der Waals surface area contributed by atoms with Crippen molar-refractivity contribution in [1.29, 1.82) is 0 Å². The van der Waals surface area contributed by atoms with Gasteiger partial charge in [0.05, 0.1) is 25.1 Å². The van der Waals surface area contributed by atoms with Crippen LogP contribution in [0.1, 0.15) is 41.8 Å². The summed E-state index contributed by atoms with van der Waals surface area (Å²) >= 11 is 0. The molecule has 0 spiro atoms. The molecule has 0 radical (unpaired) electrons. The van der Waals surface area contributed by atoms with Crippen molar-refractivity contribution in [2.24, 2.45) is 0 Å². The average molecular weight is 499 g/mol. The van der Waals surface area contributed by atoms with Crippen LogP contribution in [0, 0.1) is 5.82 Å². The lowest BCUT2D eigenvalue weighted by Gasteiger charge is -2.24. The summed E-state index contributed by atoms with van der Waals surface area (Å²) in [7, 11) is -3.69. The van der Waals surface area contributed by atoms with Crippen LogP contribution in [0.15, 0.2) is 72.8 Å². The van der Waals surface area contributed by atoms with Crippen LogP contribution >= 0.6 is 0 Å². The van der Waals surface area contributed by atoms with Gasteiger partial charge in [-0.25, -0.2) is 12.8 Å². The predicted molar refractivity (Wildman–Crippen MR) is 137 cm³/mol. The number of anilines is 1. The summed E-state index contributed by atoms with van der Waals surface area (Å²) in [5.41, 5.74) is 2.47. The molecule has 0 aromatic heterocycles. The molecule has 6 nitrogen and oxygen atoms in total. The standard InChI is InChI=1S/C27H31FN2O4S/c1-4-34-26-17-12-22(27(31)29-20(2)10-11-21-8-6-5-7-9-21)18-23(26)19-30(35(3,32)33)25-15-13-24(28)14-16-25/h5-9,12-18,20H,4,10-11,19H2,1-3H3,(H,29,31)/t20-/m0/s1. The first-order valence-corrected chi connectivity index (χ1v) is 13.4. The summed E-state index contributed by atoms with van der Waals surface area (Å²) in [6.45, 7) is 4.10. The van der Waals surface area contributed by atoms with Crippen molar-refractivity contribution >= 4 is 21.6 Å². The van der Waals surface area contributed by atoms with E-state index in [0.29, 0.717) is 29.2 Å². The number of ether oxygens (including phenoxy) is 1. The van der Waals surface area contributed by atoms with Crippen molar-refractivity contribution in [3.05, 3.63) is 95.3 Å². The highest BCUT2D eigenvalue weighted by Gasteiger charge is 2.21. The second-order valence-electron chi connectivity index (χ2n) is 8.40. The summed E-state index contributed by atoms with van der Waals surface area (Å²) in [6.07, 6.45) is 2.71. The van der Waals surface area contributed by atoms with E-state index in [1.54, 1.807) is 18.2 Å². The van der Waals surface area contributed by atoms with Crippen LogP contribution < -0.4 is 14.4 Å². The van der Waals surface area contributed by atoms with Gasteiger partial charge in [-0.3, -0.25) is 9.10 Å². The number of hydrogen-bond acceptors (Lipinski definition) is 4. The monoisotopic (exact) mass is 498 g/mol. The van der Waals surface area contributed by atoms with Crippen LogP contribution in [-0.2, 0) is 23.0 Å². The lowest BCUT2D eigenvalue weighted by atomic mass is 10.0. The zero-order valence-electron chi connectivity index (χ0n) is 20.2. The number of nitrogens with zero attached hydrogens (tertiary/aromatic N) is 1. The molecular formula is C27H31FN2O4S. The molecule has 0 saturated carbocycles. The number of hydrogen-bond donors (Lipinski definition) is 1. The molecule has 0 heterocycles. The minimum atomic E-state index is -3.69. The maximum Gasteiger partial charge on any atom is 0.251 e. The molecular weight excluding hydrogens is 467 g/mol. The second kappa shape index (κ2) is 11.8. The maximum absolute atomic E-state index is 13.4. The van der Waals surface area contributed by atoms with Gasteiger partial charge >= 0.3 is 0 Å². The number of carbonyl (C=O) groups excluding carboxylic acids is 1. The third-order valence-electron chi connectivity index (χ3n) is 5.54. The number of amides is 1. The van der Waals surface area contributed by atoms with E-state index < -0.39 is 15.8 Å². The molecule has 0 fully saturated rings. The van der Waals surface area contributed by atoms with Gasteiger partial charge in [0, 0.05) is 17.2 Å². The topological polar surface area (TPSA) is 75.7 Å². The Hall–Kier alpha value is -3.39. The number of halogens is 1. The molecule has 0 bridgehead atoms. The van der Waals surface area contributed by atoms with Crippen LogP contribution in [0.25, 0.3) is 0 Å². The van der Waals surface area contributed by atoms with Crippen LogP contribution in [0.3, 0.4) is 0 Å². The van der Waals surface area contributed by atoms with Crippen molar-refractivity contribution in [2.45, 2.75) is 39.3 Å². The first-order chi connectivity index (χ1) is 16.7. The highest BCUT2D eigenvalue weighted by atomic mass is 32.2. The van der Waals surface area contributed by atoms with Gasteiger partial charge in [0.25, 0.3) is 5.91 Å². The summed E-state index contributed by atoms with van der Waals surface area (Å²) < 4.78 is 45.4. The number of carbonyl (C=O) groups is 1. The minimum Gasteiger partial charge on any atom is -0.494 e. The highest BCUT2D eigenvalue weighted by Crippen LogP contribution is 2.27. The van der Waals surface area contributed by atoms with Crippen LogP contribution in [0.2, 0.25) is 0 Å². The quantitative estimate of drug-likeness (QED) is 0.406. The number of nitrogens with one attached hydrogen (secondary N) is 1. The number of benzene rings is 3. The predicted octanol–water partition coefficient (Wildman–Crippen LogP) is 4.94. The number of aryl methyl sites for hydroxylation is 1. The molecule has 1 N–H and O–H groups in total. The third kappa shape index (κ3) is 7.55. The van der Waals surface area contributed by atoms with Gasteiger partial charge in [-0.2, -0.15) is 0 Å². The van der Waals surface area contributed by atoms with E-state index in [1.165, 1.54) is 29.8 Å². The van der Waals surface area contributed by atoms with Crippen molar-refractivity contribution in [1.82, 2.24) is 5.32 Å². The van der Waals surface area contributed by atoms with Gasteiger partial charge in [-0.15, -0.1) is 0 Å². The smallest absolute Gasteiger partial charge is 0.251 e. The Bertz CT molecular complexity index is 1230. The molecule has 0 aliphatic rings. The largest absolute Gasteiger partial charge is 0.494 e. The molecule has 0 unspecified atom stereocenters. The Balaban J connectivity index is 1.80. The van der Waals surface area contributed by atoms with Gasteiger partial charge in [0.15, 0.2) is 0 Å². The molecule has 0 aliphatic carbocycles. The van der Waals surface area contributed by atoms with Crippen molar-refractivity contribution in [2.75, 3.05) is 17.2 Å². The first kappa shape index (κ1) is 26.2. The van der Waals surface area contributed by atoms with Crippen LogP contribution in [-0.4, -0.2) is 33.2 Å². The molecule has 0 saturated heterocycles. The molecule has 0 aliphatic heterocycles. The molecule has 35 heavy (non-hydrogen) atoms. The molecule has 8 heteroatoms. The Kier molecular flexibility index (Phi) is 8.87. The molecule has 1 atom stereocenters. The van der Waals surface area contributed by atoms with Crippen molar-refractivity contribution in [3.63, 3.8) is 0 Å². The zero-order valence-corrected chi connectivity index (χ0v) is 21.0. The lowest BCUT2D eigenvalue weighted by Crippen LogP contribution is -2.33. The van der Waals surface area contributed by atoms with E-state index in [1.807, 2.05) is 32.0 Å². The highest BCUT2D eigenvalue weighted by molar-refractivity contribution is 7.92. The maximum atomic E-state index is 13.4. The molecule has 1 amide bonds. The van der Waals surface area contributed by atoms with Crippen LogP contribution in [0.4, 0.5) is 10.1 Å². The SMILES string of the molecule is CCOc1ccc(C(=O)N[C@@H](C)CCc2ccccc2)cc1CN(c1ccc(F)cc1)S(C)(=O)=O. The van der Waals surface area contributed by atoms with E-state index in [9.17, 15) is 17.6 Å². The second-order valence-corrected chi connectivity index (χ2v) is 10.3. The fourth-order valence-corrected chi connectivity index (χ4v) is 4.59.